The lowest BCUT2D eigenvalue weighted by Crippen LogP contribution is -2.18. The number of unbranched alkanes of at least 4 members (excludes halogenated alkanes) is 3. The van der Waals surface area contributed by atoms with Gasteiger partial charge in [0.05, 0.1) is 14.2 Å². The van der Waals surface area contributed by atoms with Crippen LogP contribution in [0.3, 0.4) is 0 Å². The largest absolute Gasteiger partial charge is 0.388 e. The maximum atomic E-state index is 10.7. The zero-order valence-corrected chi connectivity index (χ0v) is 15.2. The van der Waals surface area contributed by atoms with Crippen molar-refractivity contribution in [1.82, 2.24) is 0 Å². The molecule has 0 spiro atoms. The van der Waals surface area contributed by atoms with E-state index in [1.807, 2.05) is 30.3 Å². The van der Waals surface area contributed by atoms with Gasteiger partial charge in [-0.15, -0.1) is 0 Å². The fourth-order valence-corrected chi connectivity index (χ4v) is 3.30. The van der Waals surface area contributed by atoms with Gasteiger partial charge in [0.2, 0.25) is 0 Å². The molecule has 2 atom stereocenters. The van der Waals surface area contributed by atoms with E-state index in [4.69, 9.17) is 0 Å². The van der Waals surface area contributed by atoms with Crippen molar-refractivity contribution in [3.63, 3.8) is 0 Å². The summed E-state index contributed by atoms with van der Waals surface area (Å²) in [5.74, 6) is 0.246. The van der Waals surface area contributed by atoms with E-state index in [0.717, 1.165) is 12.0 Å². The predicted molar refractivity (Wildman–Crippen MR) is 96.1 cm³/mol. The van der Waals surface area contributed by atoms with Gasteiger partial charge in [0.25, 0.3) is 0 Å². The number of hydrogen-bond acceptors (Lipinski definition) is 1. The molecule has 0 unspecified atom stereocenters. The van der Waals surface area contributed by atoms with E-state index in [0.29, 0.717) is 0 Å². The summed E-state index contributed by atoms with van der Waals surface area (Å²) in [7, 11) is -1.21. The van der Waals surface area contributed by atoms with Gasteiger partial charge in [0.15, 0.2) is 0 Å². The lowest BCUT2D eigenvalue weighted by atomic mass is 9.91. The number of aliphatic hydroxyl groups is 1. The van der Waals surface area contributed by atoms with E-state index >= 15 is 0 Å². The summed E-state index contributed by atoms with van der Waals surface area (Å²) < 4.78 is 0. The van der Waals surface area contributed by atoms with Crippen molar-refractivity contribution < 1.29 is 5.11 Å². The summed E-state index contributed by atoms with van der Waals surface area (Å²) in [6.07, 6.45) is 8.03. The molecule has 1 rings (SSSR count). The highest BCUT2D eigenvalue weighted by Crippen LogP contribution is 2.28. The molecule has 0 heterocycles. The first-order chi connectivity index (χ1) is 9.94. The number of hydrogen-bond donors (Lipinski definition) is 1. The Morgan fingerprint density at radius 2 is 1.71 bits per heavy atom. The van der Waals surface area contributed by atoms with Gasteiger partial charge in [0, 0.05) is 5.92 Å². The van der Waals surface area contributed by atoms with Crippen LogP contribution in [0.5, 0.6) is 0 Å². The van der Waals surface area contributed by atoms with Crippen LogP contribution in [0.1, 0.15) is 50.7 Å². The van der Waals surface area contributed by atoms with Crippen LogP contribution in [0, 0.1) is 5.92 Å². The first-order valence-corrected chi connectivity index (χ1v) is 11.9. The molecule has 0 aliphatic rings. The van der Waals surface area contributed by atoms with E-state index in [1.54, 1.807) is 0 Å². The van der Waals surface area contributed by atoms with Crippen LogP contribution >= 0.6 is 0 Å². The standard InChI is InChI=1S/C19H32OSi/c1-5-6-7-9-14-18(15-16-21(2,3)4)19(20)17-12-10-8-11-13-17/h8,10-13,15-16,18-20H,5-7,9,14H2,1-4H3/b16-15+/t18-,19+/m0/s1. The molecule has 21 heavy (non-hydrogen) atoms. The van der Waals surface area contributed by atoms with E-state index in [1.165, 1.54) is 25.7 Å². The Morgan fingerprint density at radius 3 is 2.29 bits per heavy atom. The number of aliphatic hydroxyl groups excluding tert-OH is 1. The van der Waals surface area contributed by atoms with Crippen LogP contribution in [-0.2, 0) is 0 Å². The molecule has 0 aliphatic heterocycles. The Balaban J connectivity index is 2.73. The third-order valence-corrected chi connectivity index (χ3v) is 4.97. The molecular formula is C19H32OSi. The van der Waals surface area contributed by atoms with Gasteiger partial charge in [-0.3, -0.25) is 0 Å². The third-order valence-electron chi connectivity index (χ3n) is 3.78. The van der Waals surface area contributed by atoms with Crippen molar-refractivity contribution in [1.29, 1.82) is 0 Å². The van der Waals surface area contributed by atoms with Gasteiger partial charge in [-0.25, -0.2) is 0 Å². The van der Waals surface area contributed by atoms with E-state index in [9.17, 15) is 5.11 Å². The average Bonchev–Trinajstić information content (AvgIpc) is 2.46. The van der Waals surface area contributed by atoms with Gasteiger partial charge in [-0.2, -0.15) is 0 Å². The lowest BCUT2D eigenvalue weighted by Gasteiger charge is -2.22. The third kappa shape index (κ3) is 7.63. The first-order valence-electron chi connectivity index (χ1n) is 8.36. The molecule has 1 N–H and O–H groups in total. The Morgan fingerprint density at radius 1 is 1.05 bits per heavy atom. The Labute approximate surface area is 132 Å². The highest BCUT2D eigenvalue weighted by atomic mass is 28.3. The zero-order valence-electron chi connectivity index (χ0n) is 14.2. The Hall–Kier alpha value is -0.863. The van der Waals surface area contributed by atoms with Crippen molar-refractivity contribution in [2.24, 2.45) is 5.92 Å². The summed E-state index contributed by atoms with van der Waals surface area (Å²) in [6, 6.07) is 10.1. The Kier molecular flexibility index (Phi) is 7.98. The monoisotopic (exact) mass is 304 g/mol. The molecule has 0 amide bonds. The molecule has 0 bridgehead atoms. The molecule has 0 aliphatic carbocycles. The van der Waals surface area contributed by atoms with Crippen LogP contribution in [0.25, 0.3) is 0 Å². The molecule has 0 saturated carbocycles. The molecule has 118 valence electrons. The minimum atomic E-state index is -1.21. The molecule has 0 saturated heterocycles. The lowest BCUT2D eigenvalue weighted by molar-refractivity contribution is 0.125. The second-order valence-corrected chi connectivity index (χ2v) is 12.2. The minimum Gasteiger partial charge on any atom is -0.388 e. The molecule has 1 aromatic carbocycles. The fourth-order valence-electron chi connectivity index (χ4n) is 2.48. The SMILES string of the molecule is CCCCCC[C@@H](/C=C/[Si](C)(C)C)[C@H](O)c1ccccc1. The van der Waals surface area contributed by atoms with Crippen LogP contribution in [0.2, 0.25) is 19.6 Å². The van der Waals surface area contributed by atoms with Crippen LogP contribution in [0.4, 0.5) is 0 Å². The van der Waals surface area contributed by atoms with Crippen LogP contribution in [0.15, 0.2) is 42.1 Å². The van der Waals surface area contributed by atoms with Gasteiger partial charge in [-0.1, -0.05) is 94.4 Å². The maximum Gasteiger partial charge on any atom is 0.0852 e. The van der Waals surface area contributed by atoms with Crippen molar-refractivity contribution in [3.05, 3.63) is 47.7 Å². The van der Waals surface area contributed by atoms with E-state index in [2.05, 4.69) is 38.3 Å². The van der Waals surface area contributed by atoms with E-state index in [-0.39, 0.29) is 12.0 Å². The minimum absolute atomic E-state index is 0.246. The molecule has 0 fully saturated rings. The Bertz CT molecular complexity index is 405. The first kappa shape index (κ1) is 18.2. The van der Waals surface area contributed by atoms with Gasteiger partial charge < -0.3 is 5.11 Å². The normalized spacial score (nSPS) is 15.3. The topological polar surface area (TPSA) is 20.2 Å². The highest BCUT2D eigenvalue weighted by molar-refractivity contribution is 6.80. The second-order valence-electron chi connectivity index (χ2n) is 7.09. The van der Waals surface area contributed by atoms with Gasteiger partial charge in [-0.05, 0) is 12.0 Å². The van der Waals surface area contributed by atoms with Crippen molar-refractivity contribution >= 4 is 8.07 Å². The van der Waals surface area contributed by atoms with Gasteiger partial charge in [0.1, 0.15) is 0 Å². The summed E-state index contributed by atoms with van der Waals surface area (Å²) in [5, 5.41) is 10.7. The average molecular weight is 305 g/mol. The summed E-state index contributed by atoms with van der Waals surface area (Å²) in [6.45, 7) is 9.26. The van der Waals surface area contributed by atoms with Crippen molar-refractivity contribution in [2.75, 3.05) is 0 Å². The zero-order chi connectivity index (χ0) is 15.7. The summed E-state index contributed by atoms with van der Waals surface area (Å²) in [4.78, 5) is 0. The molecular weight excluding hydrogens is 272 g/mol. The number of benzene rings is 1. The molecule has 0 radical (unpaired) electrons. The smallest absolute Gasteiger partial charge is 0.0852 e. The predicted octanol–water partition coefficient (Wildman–Crippen LogP) is 5.74. The van der Waals surface area contributed by atoms with E-state index < -0.39 is 8.07 Å². The van der Waals surface area contributed by atoms with Crippen molar-refractivity contribution in [3.8, 4) is 0 Å². The summed E-state index contributed by atoms with van der Waals surface area (Å²) in [5.41, 5.74) is 3.42. The van der Waals surface area contributed by atoms with Crippen LogP contribution in [-0.4, -0.2) is 13.2 Å². The molecule has 1 aromatic rings. The highest BCUT2D eigenvalue weighted by Gasteiger charge is 2.19. The quantitative estimate of drug-likeness (QED) is 0.455. The second kappa shape index (κ2) is 9.21. The van der Waals surface area contributed by atoms with Gasteiger partial charge >= 0.3 is 0 Å². The maximum absolute atomic E-state index is 10.7. The van der Waals surface area contributed by atoms with Crippen molar-refractivity contribution in [2.45, 2.75) is 64.8 Å². The summed E-state index contributed by atoms with van der Waals surface area (Å²) >= 11 is 0. The number of rotatable bonds is 9. The van der Waals surface area contributed by atoms with Crippen LogP contribution < -0.4 is 0 Å². The molecule has 2 heteroatoms. The molecule has 0 aromatic heterocycles. The molecule has 1 nitrogen and oxygen atoms in total. The fraction of sp³-hybridized carbons (Fsp3) is 0.579.